The Morgan fingerprint density at radius 1 is 1.24 bits per heavy atom. The zero-order valence-electron chi connectivity index (χ0n) is 19.1. The van der Waals surface area contributed by atoms with Gasteiger partial charge < -0.3 is 14.4 Å². The molecule has 0 unspecified atom stereocenters. The summed E-state index contributed by atoms with van der Waals surface area (Å²) in [5.41, 5.74) is 5.54. The number of hydrogen-bond donors (Lipinski definition) is 1. The quantitative estimate of drug-likeness (QED) is 0.412. The van der Waals surface area contributed by atoms with Crippen LogP contribution in [0.1, 0.15) is 43.4 Å². The Kier molecular flexibility index (Phi) is 4.75. The van der Waals surface area contributed by atoms with Crippen LogP contribution in [-0.2, 0) is 17.8 Å². The fraction of sp³-hybridized carbons (Fsp3) is 0.333. The fourth-order valence-electron chi connectivity index (χ4n) is 4.67. The molecule has 0 bridgehead atoms. The number of halogens is 1. The molecule has 0 saturated heterocycles. The van der Waals surface area contributed by atoms with E-state index in [1.807, 2.05) is 40.7 Å². The number of ether oxygens (including phenoxy) is 1. The topological polar surface area (TPSA) is 95.1 Å². The Labute approximate surface area is 195 Å². The van der Waals surface area contributed by atoms with E-state index >= 15 is 0 Å². The summed E-state index contributed by atoms with van der Waals surface area (Å²) in [6.45, 7) is 10.4. The summed E-state index contributed by atoms with van der Waals surface area (Å²) in [5.74, 6) is 0.409. The highest BCUT2D eigenvalue weighted by molar-refractivity contribution is 6.30. The zero-order chi connectivity index (χ0) is 23.7. The van der Waals surface area contributed by atoms with Crippen LogP contribution in [0.25, 0.3) is 27.7 Å². The Hall–Kier alpha value is -3.39. The summed E-state index contributed by atoms with van der Waals surface area (Å²) < 4.78 is 10.2. The highest BCUT2D eigenvalue weighted by Crippen LogP contribution is 2.46. The van der Waals surface area contributed by atoms with Gasteiger partial charge in [-0.05, 0) is 86.0 Å². The van der Waals surface area contributed by atoms with Crippen molar-refractivity contribution in [1.29, 1.82) is 0 Å². The summed E-state index contributed by atoms with van der Waals surface area (Å²) in [4.78, 5) is 12.0. The van der Waals surface area contributed by atoms with Crippen LogP contribution < -0.4 is 4.74 Å². The molecule has 0 radical (unpaired) electrons. The largest absolute Gasteiger partial charge is 0.487 e. The molecular formula is C24H24ClN5O3. The number of benzene rings is 2. The molecule has 2 aromatic carbocycles. The smallest absolute Gasteiger partial charge is 0.307 e. The molecule has 0 amide bonds. The van der Waals surface area contributed by atoms with E-state index in [-0.39, 0.29) is 6.42 Å². The molecule has 1 aliphatic heterocycles. The number of carboxylic acid groups (broad SMARTS) is 1. The molecule has 1 aliphatic rings. The van der Waals surface area contributed by atoms with Crippen molar-refractivity contribution < 1.29 is 14.6 Å². The predicted octanol–water partition coefficient (Wildman–Crippen LogP) is 4.72. The van der Waals surface area contributed by atoms with Gasteiger partial charge >= 0.3 is 5.97 Å². The van der Waals surface area contributed by atoms with Gasteiger partial charge in [0.2, 0.25) is 0 Å². The number of aliphatic carboxylic acids is 1. The normalized spacial score (nSPS) is 12.8. The fourth-order valence-corrected chi connectivity index (χ4v) is 4.83. The van der Waals surface area contributed by atoms with Crippen LogP contribution in [0, 0.1) is 13.8 Å². The number of aryl methyl sites for hydroxylation is 1. The number of rotatable bonds is 4. The second kappa shape index (κ2) is 7.31. The summed E-state index contributed by atoms with van der Waals surface area (Å²) in [7, 11) is 0. The lowest BCUT2D eigenvalue weighted by Crippen LogP contribution is -2.23. The maximum absolute atomic E-state index is 12.0. The first-order valence-electron chi connectivity index (χ1n) is 10.7. The van der Waals surface area contributed by atoms with E-state index in [4.69, 9.17) is 16.3 Å². The van der Waals surface area contributed by atoms with Gasteiger partial charge in [-0.3, -0.25) is 4.79 Å². The number of nitrogens with zero attached hydrogens (tertiary/aromatic N) is 5. The summed E-state index contributed by atoms with van der Waals surface area (Å²) in [5, 5.41) is 23.5. The van der Waals surface area contributed by atoms with Gasteiger partial charge in [-0.15, -0.1) is 5.10 Å². The van der Waals surface area contributed by atoms with Crippen molar-refractivity contribution in [3.8, 4) is 22.6 Å². The monoisotopic (exact) mass is 465 g/mol. The maximum Gasteiger partial charge on any atom is 0.307 e. The van der Waals surface area contributed by atoms with Crippen LogP contribution >= 0.6 is 11.6 Å². The SMILES string of the molecule is Cc1c(CC(=O)O)c(-c2ccc(Cl)cc2OC(C)(C)C)c2cc(C)n3c2c1-n1nnnc1C3. The predicted molar refractivity (Wildman–Crippen MR) is 125 cm³/mol. The minimum atomic E-state index is -0.915. The van der Waals surface area contributed by atoms with Crippen LogP contribution in [0.15, 0.2) is 24.3 Å². The molecule has 9 heteroatoms. The molecule has 0 fully saturated rings. The van der Waals surface area contributed by atoms with Crippen molar-refractivity contribution in [3.63, 3.8) is 0 Å². The first-order chi connectivity index (χ1) is 15.5. The van der Waals surface area contributed by atoms with Crippen molar-refractivity contribution in [2.45, 2.75) is 53.2 Å². The van der Waals surface area contributed by atoms with E-state index in [1.165, 1.54) is 0 Å². The van der Waals surface area contributed by atoms with E-state index in [9.17, 15) is 9.90 Å². The van der Waals surface area contributed by atoms with Crippen molar-refractivity contribution in [2.75, 3.05) is 0 Å². The second-order valence-corrected chi connectivity index (χ2v) is 9.83. The van der Waals surface area contributed by atoms with Gasteiger partial charge in [0, 0.05) is 21.7 Å². The van der Waals surface area contributed by atoms with Gasteiger partial charge in [0.25, 0.3) is 0 Å². The highest BCUT2D eigenvalue weighted by Gasteiger charge is 2.30. The second-order valence-electron chi connectivity index (χ2n) is 9.39. The minimum absolute atomic E-state index is 0.149. The first-order valence-corrected chi connectivity index (χ1v) is 11.1. The molecule has 33 heavy (non-hydrogen) atoms. The Bertz CT molecular complexity index is 1450. The Morgan fingerprint density at radius 2 is 2.00 bits per heavy atom. The van der Waals surface area contributed by atoms with Crippen LogP contribution in [0.5, 0.6) is 5.75 Å². The molecule has 4 aromatic rings. The lowest BCUT2D eigenvalue weighted by molar-refractivity contribution is -0.136. The molecule has 5 rings (SSSR count). The summed E-state index contributed by atoms with van der Waals surface area (Å²) in [6, 6.07) is 7.59. The minimum Gasteiger partial charge on any atom is -0.487 e. The molecule has 0 spiro atoms. The number of aromatic nitrogens is 5. The Morgan fingerprint density at radius 3 is 2.70 bits per heavy atom. The maximum atomic E-state index is 12.0. The third kappa shape index (κ3) is 3.45. The van der Waals surface area contributed by atoms with Crippen molar-refractivity contribution >= 4 is 28.5 Å². The molecule has 170 valence electrons. The number of fused-ring (bicyclic) bond motifs is 2. The van der Waals surface area contributed by atoms with Gasteiger partial charge in [0.15, 0.2) is 5.82 Å². The average Bonchev–Trinajstić information content (AvgIpc) is 3.30. The van der Waals surface area contributed by atoms with Crippen LogP contribution in [0.2, 0.25) is 5.02 Å². The van der Waals surface area contributed by atoms with E-state index < -0.39 is 11.6 Å². The molecule has 2 aromatic heterocycles. The zero-order valence-corrected chi connectivity index (χ0v) is 19.9. The lowest BCUT2D eigenvalue weighted by atomic mass is 9.88. The van der Waals surface area contributed by atoms with Gasteiger partial charge in [0.05, 0.1) is 24.2 Å². The molecule has 1 N–H and O–H groups in total. The highest BCUT2D eigenvalue weighted by atomic mass is 35.5. The van der Waals surface area contributed by atoms with E-state index in [2.05, 4.69) is 26.2 Å². The number of carboxylic acids is 1. The van der Waals surface area contributed by atoms with Crippen LogP contribution in [0.3, 0.4) is 0 Å². The molecule has 8 nitrogen and oxygen atoms in total. The van der Waals surface area contributed by atoms with Crippen LogP contribution in [-0.4, -0.2) is 41.5 Å². The summed E-state index contributed by atoms with van der Waals surface area (Å²) in [6.07, 6.45) is -0.149. The third-order valence-electron chi connectivity index (χ3n) is 5.91. The Balaban J connectivity index is 1.92. The van der Waals surface area contributed by atoms with Crippen molar-refractivity contribution in [2.24, 2.45) is 0 Å². The molecule has 3 heterocycles. The lowest BCUT2D eigenvalue weighted by Gasteiger charge is -2.26. The average molecular weight is 466 g/mol. The first kappa shape index (κ1) is 21.5. The summed E-state index contributed by atoms with van der Waals surface area (Å²) >= 11 is 6.33. The number of hydrogen-bond acceptors (Lipinski definition) is 5. The standard InChI is InChI=1S/C24H24ClN5O3/c1-12-8-17-21(15-7-6-14(25)9-18(15)33-24(3,4)5)16(10-20(31)32)13(2)22-23(17)29(12)11-19-26-27-28-30(19)22/h6-9H,10-11H2,1-5H3,(H,31,32). The van der Waals surface area contributed by atoms with E-state index in [1.54, 1.807) is 16.8 Å². The van der Waals surface area contributed by atoms with Crippen molar-refractivity contribution in [1.82, 2.24) is 24.8 Å². The number of tetrazole rings is 1. The van der Waals surface area contributed by atoms with Crippen molar-refractivity contribution in [3.05, 3.63) is 51.9 Å². The molecule has 0 aliphatic carbocycles. The van der Waals surface area contributed by atoms with Gasteiger partial charge in [0.1, 0.15) is 11.4 Å². The number of carbonyl (C=O) groups is 1. The van der Waals surface area contributed by atoms with E-state index in [0.29, 0.717) is 28.7 Å². The molecular weight excluding hydrogens is 442 g/mol. The molecule has 0 atom stereocenters. The van der Waals surface area contributed by atoms with Gasteiger partial charge in [-0.1, -0.05) is 11.6 Å². The third-order valence-corrected chi connectivity index (χ3v) is 6.14. The van der Waals surface area contributed by atoms with E-state index in [0.717, 1.165) is 39.0 Å². The molecule has 0 saturated carbocycles. The van der Waals surface area contributed by atoms with Gasteiger partial charge in [-0.2, -0.15) is 4.68 Å². The van der Waals surface area contributed by atoms with Crippen LogP contribution in [0.4, 0.5) is 0 Å². The van der Waals surface area contributed by atoms with Gasteiger partial charge in [-0.25, -0.2) is 0 Å².